The standard InChI is InChI=1S/C32H32N6O4/c1-32(2,3)27-15-28(38(37-27)22-12-9-19-16-33-26(30(40)41)14-20(19)13-22)36-31(42)35-21-10-7-18(8-11-21)23-5-4-6-24-25(23)17-34-29(24)39/h4-13,15,26,33H,14,16-17H2,1-3H3,(H,34,39)(H,40,41)(H2,35,36,42)/t26-/m0/s1. The van der Waals surface area contributed by atoms with Gasteiger partial charge in [-0.25, -0.2) is 9.48 Å². The minimum Gasteiger partial charge on any atom is -0.480 e. The quantitative estimate of drug-likeness (QED) is 0.236. The summed E-state index contributed by atoms with van der Waals surface area (Å²) < 4.78 is 1.69. The number of urea groups is 1. The van der Waals surface area contributed by atoms with Crippen molar-refractivity contribution >= 4 is 29.4 Å². The lowest BCUT2D eigenvalue weighted by Crippen LogP contribution is -2.41. The lowest BCUT2D eigenvalue weighted by Gasteiger charge is -2.24. The first-order chi connectivity index (χ1) is 20.1. The fraction of sp³-hybridized carbons (Fsp3) is 0.250. The van der Waals surface area contributed by atoms with Crippen LogP contribution in [-0.4, -0.2) is 38.8 Å². The Labute approximate surface area is 243 Å². The lowest BCUT2D eigenvalue weighted by atomic mass is 9.92. The van der Waals surface area contributed by atoms with Crippen LogP contribution in [0.1, 0.15) is 53.5 Å². The van der Waals surface area contributed by atoms with Gasteiger partial charge in [0.2, 0.25) is 0 Å². The van der Waals surface area contributed by atoms with E-state index >= 15 is 0 Å². The molecule has 2 aliphatic heterocycles. The number of fused-ring (bicyclic) bond motifs is 2. The number of benzene rings is 3. The van der Waals surface area contributed by atoms with Gasteiger partial charge in [-0.1, -0.05) is 51.1 Å². The Morgan fingerprint density at radius 2 is 1.71 bits per heavy atom. The van der Waals surface area contributed by atoms with Crippen molar-refractivity contribution in [3.8, 4) is 16.8 Å². The highest BCUT2D eigenvalue weighted by Gasteiger charge is 2.26. The van der Waals surface area contributed by atoms with Crippen LogP contribution in [0, 0.1) is 0 Å². The highest BCUT2D eigenvalue weighted by molar-refractivity contribution is 6.01. The van der Waals surface area contributed by atoms with Crippen LogP contribution in [0.5, 0.6) is 0 Å². The van der Waals surface area contributed by atoms with Crippen LogP contribution in [0.15, 0.2) is 66.7 Å². The number of carbonyl (C=O) groups is 3. The number of nitrogens with one attached hydrogen (secondary N) is 4. The molecule has 4 aromatic rings. The minimum absolute atomic E-state index is 0.0625. The maximum absolute atomic E-state index is 13.1. The Bertz CT molecular complexity index is 1720. The zero-order valence-corrected chi connectivity index (χ0v) is 23.6. The molecule has 6 rings (SSSR count). The van der Waals surface area contributed by atoms with Gasteiger partial charge in [-0.2, -0.15) is 5.10 Å². The van der Waals surface area contributed by atoms with Gasteiger partial charge >= 0.3 is 12.0 Å². The van der Waals surface area contributed by atoms with Crippen LogP contribution < -0.4 is 21.3 Å². The third-order valence-corrected chi connectivity index (χ3v) is 7.71. The van der Waals surface area contributed by atoms with Gasteiger partial charge in [-0.15, -0.1) is 0 Å². The summed E-state index contributed by atoms with van der Waals surface area (Å²) in [4.78, 5) is 36.7. The molecule has 10 nitrogen and oxygen atoms in total. The van der Waals surface area contributed by atoms with E-state index in [0.717, 1.165) is 39.2 Å². The van der Waals surface area contributed by atoms with E-state index in [1.807, 2.05) is 66.7 Å². The summed E-state index contributed by atoms with van der Waals surface area (Å²) in [6.45, 7) is 7.13. The molecule has 0 saturated heterocycles. The number of hydrogen-bond donors (Lipinski definition) is 5. The number of anilines is 2. The minimum atomic E-state index is -0.882. The van der Waals surface area contributed by atoms with E-state index in [-0.39, 0.29) is 11.3 Å². The number of rotatable bonds is 5. The summed E-state index contributed by atoms with van der Waals surface area (Å²) in [5.41, 5.74) is 7.46. The van der Waals surface area contributed by atoms with Gasteiger partial charge in [0.25, 0.3) is 5.91 Å². The van der Waals surface area contributed by atoms with Gasteiger partial charge in [0.15, 0.2) is 0 Å². The van der Waals surface area contributed by atoms with Crippen LogP contribution in [0.25, 0.3) is 16.8 Å². The molecule has 0 radical (unpaired) electrons. The van der Waals surface area contributed by atoms with Crippen LogP contribution >= 0.6 is 0 Å². The Morgan fingerprint density at radius 1 is 0.952 bits per heavy atom. The van der Waals surface area contributed by atoms with Crippen LogP contribution in [-0.2, 0) is 29.7 Å². The van der Waals surface area contributed by atoms with Gasteiger partial charge in [0.05, 0.1) is 11.4 Å². The molecule has 1 aromatic heterocycles. The lowest BCUT2D eigenvalue weighted by molar-refractivity contribution is -0.139. The fourth-order valence-corrected chi connectivity index (χ4v) is 5.38. The number of aliphatic carboxylic acids is 1. The van der Waals surface area contributed by atoms with Crippen molar-refractivity contribution in [1.82, 2.24) is 20.4 Å². The van der Waals surface area contributed by atoms with Crippen molar-refractivity contribution in [2.75, 3.05) is 10.6 Å². The number of aromatic nitrogens is 2. The van der Waals surface area contributed by atoms with Gasteiger partial charge < -0.3 is 21.1 Å². The number of carbonyl (C=O) groups excluding carboxylic acids is 2. The maximum atomic E-state index is 13.1. The molecule has 3 aromatic carbocycles. The Kier molecular flexibility index (Phi) is 6.78. The largest absolute Gasteiger partial charge is 0.480 e. The monoisotopic (exact) mass is 564 g/mol. The van der Waals surface area contributed by atoms with E-state index in [4.69, 9.17) is 5.10 Å². The Morgan fingerprint density at radius 3 is 2.45 bits per heavy atom. The number of nitrogens with zero attached hydrogens (tertiary/aromatic N) is 2. The van der Waals surface area contributed by atoms with E-state index in [1.54, 1.807) is 4.68 Å². The molecule has 0 bridgehead atoms. The zero-order chi connectivity index (χ0) is 29.6. The molecule has 2 aliphatic rings. The van der Waals surface area contributed by atoms with Gasteiger partial charge in [0.1, 0.15) is 11.9 Å². The Hall–Kier alpha value is -4.96. The van der Waals surface area contributed by atoms with Crippen molar-refractivity contribution in [1.29, 1.82) is 0 Å². The number of hydrogen-bond acceptors (Lipinski definition) is 5. The topological polar surface area (TPSA) is 137 Å². The second-order valence-electron chi connectivity index (χ2n) is 11.7. The fourth-order valence-electron chi connectivity index (χ4n) is 5.38. The average Bonchev–Trinajstić information content (AvgIpc) is 3.56. The number of carboxylic acid groups (broad SMARTS) is 1. The Balaban J connectivity index is 1.23. The van der Waals surface area contributed by atoms with Gasteiger partial charge in [-0.3, -0.25) is 14.9 Å². The molecular weight excluding hydrogens is 532 g/mol. The van der Waals surface area contributed by atoms with E-state index in [0.29, 0.717) is 36.6 Å². The van der Waals surface area contributed by atoms with Crippen molar-refractivity contribution in [2.24, 2.45) is 0 Å². The summed E-state index contributed by atoms with van der Waals surface area (Å²) in [7, 11) is 0. The first-order valence-corrected chi connectivity index (χ1v) is 13.8. The summed E-state index contributed by atoms with van der Waals surface area (Å²) in [6.07, 6.45) is 0.365. The third-order valence-electron chi connectivity index (χ3n) is 7.71. The van der Waals surface area contributed by atoms with Gasteiger partial charge in [0, 0.05) is 35.8 Å². The molecule has 0 fully saturated rings. The molecule has 10 heteroatoms. The summed E-state index contributed by atoms with van der Waals surface area (Å²) in [6, 6.07) is 19.8. The zero-order valence-electron chi connectivity index (χ0n) is 23.6. The molecule has 0 aliphatic carbocycles. The summed E-state index contributed by atoms with van der Waals surface area (Å²) >= 11 is 0. The number of amides is 3. The molecular formula is C32H32N6O4. The predicted molar refractivity (Wildman–Crippen MR) is 160 cm³/mol. The van der Waals surface area contributed by atoms with Crippen molar-refractivity contribution in [2.45, 2.75) is 51.7 Å². The third kappa shape index (κ3) is 5.24. The first kappa shape index (κ1) is 27.2. The second-order valence-corrected chi connectivity index (χ2v) is 11.7. The molecule has 0 spiro atoms. The molecule has 0 saturated carbocycles. The molecule has 214 valence electrons. The van der Waals surface area contributed by atoms with E-state index in [1.165, 1.54) is 0 Å². The SMILES string of the molecule is CC(C)(C)c1cc(NC(=O)Nc2ccc(-c3cccc4c3CNC4=O)cc2)n(-c2ccc3c(c2)C[C@@H](C(=O)O)NC3)n1. The van der Waals surface area contributed by atoms with E-state index < -0.39 is 18.0 Å². The van der Waals surface area contributed by atoms with Crippen LogP contribution in [0.3, 0.4) is 0 Å². The normalized spacial score (nSPS) is 15.9. The van der Waals surface area contributed by atoms with E-state index in [9.17, 15) is 19.5 Å². The molecule has 42 heavy (non-hydrogen) atoms. The number of carboxylic acids is 1. The van der Waals surface area contributed by atoms with Crippen molar-refractivity contribution in [3.63, 3.8) is 0 Å². The molecule has 3 amide bonds. The second kappa shape index (κ2) is 10.5. The molecule has 0 unspecified atom stereocenters. The summed E-state index contributed by atoms with van der Waals surface area (Å²) in [5.74, 6) is -0.450. The molecule has 5 N–H and O–H groups in total. The first-order valence-electron chi connectivity index (χ1n) is 13.8. The highest BCUT2D eigenvalue weighted by Crippen LogP contribution is 2.31. The average molecular weight is 565 g/mol. The van der Waals surface area contributed by atoms with Crippen LogP contribution in [0.4, 0.5) is 16.3 Å². The van der Waals surface area contributed by atoms with Gasteiger partial charge in [-0.05, 0) is 64.6 Å². The maximum Gasteiger partial charge on any atom is 0.324 e. The van der Waals surface area contributed by atoms with Crippen molar-refractivity contribution < 1.29 is 19.5 Å². The predicted octanol–water partition coefficient (Wildman–Crippen LogP) is 4.82. The van der Waals surface area contributed by atoms with E-state index in [2.05, 4.69) is 42.0 Å². The van der Waals surface area contributed by atoms with Crippen molar-refractivity contribution in [3.05, 3.63) is 94.7 Å². The smallest absolute Gasteiger partial charge is 0.324 e. The van der Waals surface area contributed by atoms with Crippen LogP contribution in [0.2, 0.25) is 0 Å². The molecule has 1 atom stereocenters. The summed E-state index contributed by atoms with van der Waals surface area (Å²) in [5, 5.41) is 26.0. The highest BCUT2D eigenvalue weighted by atomic mass is 16.4. The molecule has 3 heterocycles.